The maximum Gasteiger partial charge on any atom is 0.261 e. The predicted octanol–water partition coefficient (Wildman–Crippen LogP) is 2.16. The van der Waals surface area contributed by atoms with Crippen LogP contribution in [0.3, 0.4) is 0 Å². The molecule has 2 aromatic carbocycles. The zero-order valence-electron chi connectivity index (χ0n) is 18.4. The summed E-state index contributed by atoms with van der Waals surface area (Å²) in [6, 6.07) is 12.6. The SMILES string of the molecule is CC[C@H](C)[C@@H]1C(=O)N2c3ccccc3[C@]3(O)C[C@@H](n4cnc5ccccc5c4=O)C(=O)N1[C@H]23. The number of aliphatic hydroxyl groups is 1. The molecule has 168 valence electrons. The molecule has 8 heteroatoms. The average molecular weight is 444 g/mol. The summed E-state index contributed by atoms with van der Waals surface area (Å²) in [5.74, 6) is -0.623. The van der Waals surface area contributed by atoms with Crippen LogP contribution < -0.4 is 10.5 Å². The van der Waals surface area contributed by atoms with Gasteiger partial charge in [0.1, 0.15) is 23.9 Å². The molecular weight excluding hydrogens is 420 g/mol. The molecule has 4 heterocycles. The van der Waals surface area contributed by atoms with Gasteiger partial charge in [-0.05, 0) is 24.1 Å². The first-order valence-corrected chi connectivity index (χ1v) is 11.3. The maximum absolute atomic E-state index is 13.9. The molecule has 1 aromatic heterocycles. The van der Waals surface area contributed by atoms with Crippen molar-refractivity contribution in [3.63, 3.8) is 0 Å². The Bertz CT molecular complexity index is 1380. The molecule has 6 rings (SSSR count). The van der Waals surface area contributed by atoms with Crippen LogP contribution in [0, 0.1) is 5.92 Å². The Morgan fingerprint density at radius 1 is 1.09 bits per heavy atom. The fourth-order valence-corrected chi connectivity index (χ4v) is 5.83. The Hall–Kier alpha value is -3.52. The summed E-state index contributed by atoms with van der Waals surface area (Å²) in [5, 5.41) is 12.5. The minimum absolute atomic E-state index is 0.0130. The monoisotopic (exact) mass is 444 g/mol. The van der Waals surface area contributed by atoms with E-state index in [1.165, 1.54) is 15.8 Å². The molecule has 3 aromatic rings. The summed E-state index contributed by atoms with van der Waals surface area (Å²) in [6.07, 6.45) is 1.25. The van der Waals surface area contributed by atoms with Crippen LogP contribution in [0.1, 0.15) is 38.3 Å². The van der Waals surface area contributed by atoms with Gasteiger partial charge in [-0.2, -0.15) is 0 Å². The number of anilines is 1. The van der Waals surface area contributed by atoms with E-state index in [2.05, 4.69) is 4.98 Å². The molecule has 0 spiro atoms. The lowest BCUT2D eigenvalue weighted by atomic mass is 9.81. The number of hydrogen-bond acceptors (Lipinski definition) is 5. The van der Waals surface area contributed by atoms with E-state index < -0.39 is 23.9 Å². The highest BCUT2D eigenvalue weighted by Crippen LogP contribution is 2.56. The van der Waals surface area contributed by atoms with Crippen LogP contribution in [0.4, 0.5) is 5.69 Å². The van der Waals surface area contributed by atoms with Crippen LogP contribution >= 0.6 is 0 Å². The second kappa shape index (κ2) is 6.74. The highest BCUT2D eigenvalue weighted by Gasteiger charge is 2.67. The van der Waals surface area contributed by atoms with E-state index in [-0.39, 0.29) is 29.7 Å². The van der Waals surface area contributed by atoms with Gasteiger partial charge in [0.15, 0.2) is 0 Å². The van der Waals surface area contributed by atoms with Crippen molar-refractivity contribution in [3.8, 4) is 0 Å². The van der Waals surface area contributed by atoms with E-state index >= 15 is 0 Å². The molecule has 3 aliphatic heterocycles. The standard InChI is InChI=1S/C25H24N4O4/c1-3-14(2)20-23(32)28-18-11-7-5-9-16(18)25(33)12-19(22(31)29(20)24(25)28)27-13-26-17-10-6-4-8-15(17)21(27)30/h4-11,13-14,19-20,24,33H,3,12H2,1-2H3/t14-,19+,20+,24-,25+/m0/s1. The van der Waals surface area contributed by atoms with Gasteiger partial charge in [-0.3, -0.25) is 23.9 Å². The van der Waals surface area contributed by atoms with Gasteiger partial charge in [-0.15, -0.1) is 0 Å². The lowest BCUT2D eigenvalue weighted by Gasteiger charge is -2.45. The molecule has 3 aliphatic rings. The number of nitrogens with zero attached hydrogens (tertiary/aromatic N) is 4. The van der Waals surface area contributed by atoms with Gasteiger partial charge >= 0.3 is 0 Å². The summed E-state index contributed by atoms with van der Waals surface area (Å²) in [6.45, 7) is 3.92. The third-order valence-electron chi connectivity index (χ3n) is 7.61. The van der Waals surface area contributed by atoms with Crippen LogP contribution in [0.25, 0.3) is 10.9 Å². The highest BCUT2D eigenvalue weighted by molar-refractivity contribution is 6.07. The molecule has 2 saturated heterocycles. The van der Waals surface area contributed by atoms with Crippen molar-refractivity contribution >= 4 is 28.4 Å². The normalized spacial score (nSPS) is 28.9. The number of piperidine rings is 1. The minimum Gasteiger partial charge on any atom is -0.381 e. The number of para-hydroxylation sites is 2. The van der Waals surface area contributed by atoms with Gasteiger partial charge in [-0.1, -0.05) is 50.6 Å². The molecule has 2 fully saturated rings. The summed E-state index contributed by atoms with van der Waals surface area (Å²) in [4.78, 5) is 48.4. The Morgan fingerprint density at radius 2 is 1.82 bits per heavy atom. The minimum atomic E-state index is -1.49. The first-order valence-electron chi connectivity index (χ1n) is 11.3. The predicted molar refractivity (Wildman–Crippen MR) is 121 cm³/mol. The molecule has 2 amide bonds. The van der Waals surface area contributed by atoms with E-state index in [0.29, 0.717) is 28.6 Å². The van der Waals surface area contributed by atoms with E-state index in [1.807, 2.05) is 32.0 Å². The van der Waals surface area contributed by atoms with Crippen molar-refractivity contribution in [1.29, 1.82) is 0 Å². The van der Waals surface area contributed by atoms with Gasteiger partial charge in [0.25, 0.3) is 11.5 Å². The van der Waals surface area contributed by atoms with Gasteiger partial charge < -0.3 is 10.0 Å². The lowest BCUT2D eigenvalue weighted by Crippen LogP contribution is -2.62. The zero-order chi connectivity index (χ0) is 23.1. The molecule has 0 saturated carbocycles. The molecule has 0 aliphatic carbocycles. The molecular formula is C25H24N4O4. The van der Waals surface area contributed by atoms with Crippen molar-refractivity contribution in [2.45, 2.75) is 50.5 Å². The number of benzene rings is 2. The summed E-state index contributed by atoms with van der Waals surface area (Å²) >= 11 is 0. The Labute approximate surface area is 190 Å². The number of amides is 2. The largest absolute Gasteiger partial charge is 0.381 e. The smallest absolute Gasteiger partial charge is 0.261 e. The quantitative estimate of drug-likeness (QED) is 0.668. The zero-order valence-corrected chi connectivity index (χ0v) is 18.4. The van der Waals surface area contributed by atoms with Gasteiger partial charge in [0.05, 0.1) is 22.9 Å². The Morgan fingerprint density at radius 3 is 2.61 bits per heavy atom. The fraction of sp³-hybridized carbons (Fsp3) is 0.360. The van der Waals surface area contributed by atoms with Crippen molar-refractivity contribution in [2.24, 2.45) is 5.92 Å². The number of carbonyl (C=O) groups is 2. The first-order chi connectivity index (χ1) is 15.9. The van der Waals surface area contributed by atoms with Gasteiger partial charge in [-0.25, -0.2) is 4.98 Å². The Kier molecular flexibility index (Phi) is 4.11. The molecule has 0 radical (unpaired) electrons. The van der Waals surface area contributed by atoms with Crippen molar-refractivity contribution in [2.75, 3.05) is 4.90 Å². The van der Waals surface area contributed by atoms with Crippen LogP contribution in [0.5, 0.6) is 0 Å². The number of hydrogen-bond donors (Lipinski definition) is 1. The van der Waals surface area contributed by atoms with Crippen LogP contribution in [-0.2, 0) is 15.2 Å². The maximum atomic E-state index is 13.9. The highest BCUT2D eigenvalue weighted by atomic mass is 16.3. The second-order valence-corrected chi connectivity index (χ2v) is 9.29. The van der Waals surface area contributed by atoms with E-state index in [0.717, 1.165) is 0 Å². The number of aromatic nitrogens is 2. The molecule has 0 bridgehead atoms. The molecule has 5 atom stereocenters. The van der Waals surface area contributed by atoms with Crippen molar-refractivity contribution in [3.05, 3.63) is 70.8 Å². The van der Waals surface area contributed by atoms with Crippen LogP contribution in [0.15, 0.2) is 59.7 Å². The number of carbonyl (C=O) groups excluding carboxylic acids is 2. The summed E-state index contributed by atoms with van der Waals surface area (Å²) in [7, 11) is 0. The summed E-state index contributed by atoms with van der Waals surface area (Å²) in [5.41, 5.74) is -0.0453. The van der Waals surface area contributed by atoms with E-state index in [9.17, 15) is 19.5 Å². The third kappa shape index (κ3) is 2.44. The molecule has 8 nitrogen and oxygen atoms in total. The van der Waals surface area contributed by atoms with Crippen LogP contribution in [0.2, 0.25) is 0 Å². The third-order valence-corrected chi connectivity index (χ3v) is 7.61. The number of fused-ring (bicyclic) bond motifs is 4. The molecule has 0 unspecified atom stereocenters. The van der Waals surface area contributed by atoms with Crippen molar-refractivity contribution in [1.82, 2.24) is 14.5 Å². The van der Waals surface area contributed by atoms with E-state index in [4.69, 9.17) is 0 Å². The fourth-order valence-electron chi connectivity index (χ4n) is 5.83. The summed E-state index contributed by atoms with van der Waals surface area (Å²) < 4.78 is 1.32. The van der Waals surface area contributed by atoms with Crippen LogP contribution in [-0.4, -0.2) is 43.6 Å². The second-order valence-electron chi connectivity index (χ2n) is 9.29. The first kappa shape index (κ1) is 20.1. The molecule has 1 N–H and O–H groups in total. The average Bonchev–Trinajstić information content (AvgIpc) is 3.29. The van der Waals surface area contributed by atoms with Gasteiger partial charge in [0, 0.05) is 12.0 Å². The lowest BCUT2D eigenvalue weighted by molar-refractivity contribution is -0.160. The number of rotatable bonds is 3. The van der Waals surface area contributed by atoms with Gasteiger partial charge in [0.2, 0.25) is 5.91 Å². The topological polar surface area (TPSA) is 95.7 Å². The molecule has 33 heavy (non-hydrogen) atoms. The van der Waals surface area contributed by atoms with E-state index in [1.54, 1.807) is 35.2 Å². The Balaban J connectivity index is 1.57. The van der Waals surface area contributed by atoms with Crippen molar-refractivity contribution < 1.29 is 14.7 Å².